The Hall–Kier alpha value is -2.87. The van der Waals surface area contributed by atoms with Gasteiger partial charge in [-0.3, -0.25) is 14.6 Å². The highest BCUT2D eigenvalue weighted by Gasteiger charge is 2.39. The maximum absolute atomic E-state index is 13.2. The fourth-order valence-electron chi connectivity index (χ4n) is 5.15. The number of urea groups is 1. The van der Waals surface area contributed by atoms with Gasteiger partial charge in [0.05, 0.1) is 18.2 Å². The van der Waals surface area contributed by atoms with Crippen molar-refractivity contribution in [1.82, 2.24) is 20.0 Å². The molecule has 2 heterocycles. The van der Waals surface area contributed by atoms with Crippen LogP contribution in [0.1, 0.15) is 50.3 Å². The molecular formula is C26H36N4O4. The van der Waals surface area contributed by atoms with E-state index in [1.54, 1.807) is 14.0 Å². The van der Waals surface area contributed by atoms with Crippen molar-refractivity contribution in [2.24, 2.45) is 5.92 Å². The van der Waals surface area contributed by atoms with Crippen molar-refractivity contribution in [1.29, 1.82) is 0 Å². The number of carbonyl (C=O) groups is 3. The van der Waals surface area contributed by atoms with E-state index in [9.17, 15) is 14.4 Å². The van der Waals surface area contributed by atoms with E-state index in [0.717, 1.165) is 30.4 Å². The molecule has 0 spiro atoms. The van der Waals surface area contributed by atoms with Gasteiger partial charge in [0, 0.05) is 50.9 Å². The Morgan fingerprint density at radius 2 is 1.91 bits per heavy atom. The molecule has 184 valence electrons. The number of rotatable bonds is 6. The van der Waals surface area contributed by atoms with Gasteiger partial charge in [-0.2, -0.15) is 0 Å². The lowest BCUT2D eigenvalue weighted by molar-refractivity contribution is -0.142. The predicted molar refractivity (Wildman–Crippen MR) is 129 cm³/mol. The molecule has 4 rings (SSSR count). The van der Waals surface area contributed by atoms with E-state index in [0.29, 0.717) is 37.4 Å². The van der Waals surface area contributed by atoms with Crippen LogP contribution in [0.2, 0.25) is 0 Å². The summed E-state index contributed by atoms with van der Waals surface area (Å²) < 4.78 is 5.44. The van der Waals surface area contributed by atoms with Gasteiger partial charge in [0.25, 0.3) is 0 Å². The normalized spacial score (nSPS) is 24.1. The number of carbonyl (C=O) groups excluding carboxylic acids is 3. The fourth-order valence-corrected chi connectivity index (χ4v) is 5.15. The topological polar surface area (TPSA) is 82.2 Å². The first kappa shape index (κ1) is 24.3. The summed E-state index contributed by atoms with van der Waals surface area (Å²) in [6.45, 7) is 8.60. The number of piperazine rings is 1. The molecule has 2 fully saturated rings. The van der Waals surface area contributed by atoms with Gasteiger partial charge in [-0.25, -0.2) is 9.59 Å². The second kappa shape index (κ2) is 10.2. The van der Waals surface area contributed by atoms with Crippen LogP contribution in [-0.4, -0.2) is 78.5 Å². The minimum absolute atomic E-state index is 0.0865. The summed E-state index contributed by atoms with van der Waals surface area (Å²) >= 11 is 0. The van der Waals surface area contributed by atoms with Crippen LogP contribution in [0, 0.1) is 12.8 Å². The Morgan fingerprint density at radius 3 is 2.53 bits per heavy atom. The highest BCUT2D eigenvalue weighted by atomic mass is 16.5. The van der Waals surface area contributed by atoms with Crippen LogP contribution < -0.4 is 5.32 Å². The molecule has 1 saturated carbocycles. The fraction of sp³-hybridized carbons (Fsp3) is 0.577. The molecule has 1 aromatic rings. The highest BCUT2D eigenvalue weighted by molar-refractivity contribution is 5.95. The number of amides is 3. The van der Waals surface area contributed by atoms with Crippen molar-refractivity contribution in [3.05, 3.63) is 46.7 Å². The Morgan fingerprint density at radius 1 is 1.18 bits per heavy atom. The molecule has 34 heavy (non-hydrogen) atoms. The van der Waals surface area contributed by atoms with Crippen molar-refractivity contribution in [3.8, 4) is 0 Å². The number of esters is 1. The molecule has 1 aromatic carbocycles. The van der Waals surface area contributed by atoms with Crippen molar-refractivity contribution < 1.29 is 19.1 Å². The molecule has 0 aromatic heterocycles. The molecule has 2 atom stereocenters. The van der Waals surface area contributed by atoms with Crippen LogP contribution in [0.15, 0.2) is 35.5 Å². The van der Waals surface area contributed by atoms with Crippen molar-refractivity contribution in [2.45, 2.75) is 52.1 Å². The molecule has 0 bridgehead atoms. The summed E-state index contributed by atoms with van der Waals surface area (Å²) in [5.74, 6) is 0.0539. The number of benzene rings is 1. The van der Waals surface area contributed by atoms with Gasteiger partial charge in [0.2, 0.25) is 5.91 Å². The van der Waals surface area contributed by atoms with Gasteiger partial charge in [-0.1, -0.05) is 30.7 Å². The summed E-state index contributed by atoms with van der Waals surface area (Å²) in [5.41, 5.74) is 3.00. The molecule has 0 radical (unpaired) electrons. The molecule has 8 heteroatoms. The van der Waals surface area contributed by atoms with Crippen molar-refractivity contribution in [2.75, 3.05) is 39.8 Å². The van der Waals surface area contributed by atoms with E-state index in [4.69, 9.17) is 4.74 Å². The van der Waals surface area contributed by atoms with Crippen molar-refractivity contribution in [3.63, 3.8) is 0 Å². The number of ether oxygens (including phenoxy) is 1. The van der Waals surface area contributed by atoms with Crippen LogP contribution in [-0.2, 0) is 14.3 Å². The van der Waals surface area contributed by atoms with Crippen LogP contribution >= 0.6 is 0 Å². The standard InChI is InChI=1S/C26H36N4O4/c1-5-34-25(32)22-21(28(4)26(33)27-23(22)20-12-7-6-9-17(20)2)16-29-13-14-30(18(3)15-29)24(31)19-10-8-11-19/h6-7,9,12,18-19,23H,5,8,10-11,13-16H2,1-4H3,(H,27,33). The largest absolute Gasteiger partial charge is 0.463 e. The maximum Gasteiger partial charge on any atom is 0.338 e. The minimum Gasteiger partial charge on any atom is -0.463 e. The minimum atomic E-state index is -0.571. The predicted octanol–water partition coefficient (Wildman–Crippen LogP) is 2.84. The van der Waals surface area contributed by atoms with Gasteiger partial charge >= 0.3 is 12.0 Å². The van der Waals surface area contributed by atoms with E-state index >= 15 is 0 Å². The van der Waals surface area contributed by atoms with E-state index < -0.39 is 12.0 Å². The summed E-state index contributed by atoms with van der Waals surface area (Å²) in [5, 5.41) is 2.99. The number of nitrogens with one attached hydrogen (secondary N) is 1. The first-order valence-corrected chi connectivity index (χ1v) is 12.3. The van der Waals surface area contributed by atoms with Crippen molar-refractivity contribution >= 4 is 17.9 Å². The lowest BCUT2D eigenvalue weighted by Crippen LogP contribution is -2.57. The summed E-state index contributed by atoms with van der Waals surface area (Å²) in [6.07, 6.45) is 3.15. The lowest BCUT2D eigenvalue weighted by Gasteiger charge is -2.44. The number of aryl methyl sites for hydroxylation is 1. The van der Waals surface area contributed by atoms with Crippen LogP contribution in [0.5, 0.6) is 0 Å². The van der Waals surface area contributed by atoms with Crippen LogP contribution in [0.25, 0.3) is 0 Å². The number of hydrogen-bond acceptors (Lipinski definition) is 5. The quantitative estimate of drug-likeness (QED) is 0.650. The Labute approximate surface area is 201 Å². The highest BCUT2D eigenvalue weighted by Crippen LogP contribution is 2.34. The average molecular weight is 469 g/mol. The Bertz CT molecular complexity index is 987. The smallest absolute Gasteiger partial charge is 0.338 e. The molecule has 1 aliphatic carbocycles. The van der Waals surface area contributed by atoms with Gasteiger partial charge in [-0.05, 0) is 44.7 Å². The molecule has 3 amide bonds. The first-order chi connectivity index (χ1) is 16.3. The Balaban J connectivity index is 1.61. The third-order valence-corrected chi connectivity index (χ3v) is 7.39. The number of nitrogens with zero attached hydrogens (tertiary/aromatic N) is 3. The molecule has 8 nitrogen and oxygen atoms in total. The summed E-state index contributed by atoms with van der Waals surface area (Å²) in [7, 11) is 1.69. The SMILES string of the molecule is CCOC(=O)C1=C(CN2CCN(C(=O)C3CCC3)C(C)C2)N(C)C(=O)NC1c1ccccc1C. The van der Waals surface area contributed by atoms with E-state index in [2.05, 4.69) is 17.1 Å². The van der Waals surface area contributed by atoms with Crippen LogP contribution in [0.3, 0.4) is 0 Å². The molecule has 1 N–H and O–H groups in total. The van der Waals surface area contributed by atoms with Gasteiger partial charge in [0.15, 0.2) is 0 Å². The van der Waals surface area contributed by atoms with E-state index in [1.165, 1.54) is 4.90 Å². The number of likely N-dealkylation sites (N-methyl/N-ethyl adjacent to an activating group) is 1. The second-order valence-electron chi connectivity index (χ2n) is 9.62. The van der Waals surface area contributed by atoms with Gasteiger partial charge < -0.3 is 15.0 Å². The number of hydrogen-bond donors (Lipinski definition) is 1. The second-order valence-corrected chi connectivity index (χ2v) is 9.62. The van der Waals surface area contributed by atoms with E-state index in [1.807, 2.05) is 36.1 Å². The monoisotopic (exact) mass is 468 g/mol. The lowest BCUT2D eigenvalue weighted by atomic mass is 9.84. The third kappa shape index (κ3) is 4.69. The molecule has 2 aliphatic heterocycles. The molecule has 1 saturated heterocycles. The molecule has 3 aliphatic rings. The average Bonchev–Trinajstić information content (AvgIpc) is 2.76. The van der Waals surface area contributed by atoms with E-state index in [-0.39, 0.29) is 30.5 Å². The third-order valence-electron chi connectivity index (χ3n) is 7.39. The molecule has 2 unspecified atom stereocenters. The zero-order valence-corrected chi connectivity index (χ0v) is 20.7. The molecular weight excluding hydrogens is 432 g/mol. The van der Waals surface area contributed by atoms with Crippen LogP contribution in [0.4, 0.5) is 4.79 Å². The van der Waals surface area contributed by atoms with Gasteiger partial charge in [0.1, 0.15) is 0 Å². The Kier molecular flexibility index (Phi) is 7.26. The zero-order valence-electron chi connectivity index (χ0n) is 20.7. The zero-order chi connectivity index (χ0) is 24.4. The maximum atomic E-state index is 13.2. The first-order valence-electron chi connectivity index (χ1n) is 12.3. The van der Waals surface area contributed by atoms with Gasteiger partial charge in [-0.15, -0.1) is 0 Å². The summed E-state index contributed by atoms with van der Waals surface area (Å²) in [6, 6.07) is 7.03. The summed E-state index contributed by atoms with van der Waals surface area (Å²) in [4.78, 5) is 44.7.